The van der Waals surface area contributed by atoms with Crippen LogP contribution in [0.2, 0.25) is 0 Å². The molecule has 0 amide bonds. The summed E-state index contributed by atoms with van der Waals surface area (Å²) in [6, 6.07) is 4.19. The van der Waals surface area contributed by atoms with E-state index in [0.717, 1.165) is 12.8 Å². The van der Waals surface area contributed by atoms with Gasteiger partial charge in [-0.2, -0.15) is 0 Å². The highest BCUT2D eigenvalue weighted by Gasteiger charge is 2.45. The highest BCUT2D eigenvalue weighted by Crippen LogP contribution is 2.44. The van der Waals surface area contributed by atoms with Crippen molar-refractivity contribution < 1.29 is 18.7 Å². The van der Waals surface area contributed by atoms with E-state index in [1.165, 1.54) is 19.1 Å². The number of rotatable bonds is 3. The number of alkyl halides is 1. The van der Waals surface area contributed by atoms with Crippen LogP contribution >= 0.6 is 0 Å². The van der Waals surface area contributed by atoms with Crippen LogP contribution in [0, 0.1) is 5.82 Å². The molecule has 1 aliphatic rings. The average molecular weight is 254 g/mol. The van der Waals surface area contributed by atoms with Crippen molar-refractivity contribution in [1.82, 2.24) is 0 Å². The van der Waals surface area contributed by atoms with E-state index in [2.05, 4.69) is 0 Å². The van der Waals surface area contributed by atoms with E-state index in [4.69, 9.17) is 0 Å². The molecule has 18 heavy (non-hydrogen) atoms. The molecular weight excluding hydrogens is 238 g/mol. The van der Waals surface area contributed by atoms with Crippen molar-refractivity contribution in [1.29, 1.82) is 0 Å². The summed E-state index contributed by atoms with van der Waals surface area (Å²) in [4.78, 5) is 11.6. The molecule has 1 unspecified atom stereocenters. The van der Waals surface area contributed by atoms with Crippen LogP contribution in [0.1, 0.15) is 49.9 Å². The van der Waals surface area contributed by atoms with Crippen molar-refractivity contribution >= 4 is 5.97 Å². The van der Waals surface area contributed by atoms with Gasteiger partial charge >= 0.3 is 5.97 Å². The Morgan fingerprint density at radius 1 is 1.39 bits per heavy atom. The maximum atomic E-state index is 13.8. The number of carbonyl (C=O) groups is 1. The molecule has 0 spiro atoms. The molecule has 4 heteroatoms. The predicted molar refractivity (Wildman–Crippen MR) is 63.7 cm³/mol. The molecule has 1 aromatic carbocycles. The first-order valence-electron chi connectivity index (χ1n) is 6.15. The number of benzene rings is 1. The standard InChI is InChI=1S/C14H16F2O2/c1-9(15)12-10(5-4-6-11(12)16)14(13(17)18)7-2-3-8-14/h4-6,9H,2-3,7-8H2,1H3,(H,17,18). The Bertz CT molecular complexity index is 463. The van der Waals surface area contributed by atoms with E-state index in [-0.39, 0.29) is 5.56 Å². The molecule has 0 aromatic heterocycles. The third kappa shape index (κ3) is 1.89. The van der Waals surface area contributed by atoms with Crippen molar-refractivity contribution in [3.05, 3.63) is 35.1 Å². The van der Waals surface area contributed by atoms with E-state index in [0.29, 0.717) is 18.4 Å². The molecule has 1 aliphatic carbocycles. The van der Waals surface area contributed by atoms with E-state index >= 15 is 0 Å². The van der Waals surface area contributed by atoms with Gasteiger partial charge in [-0.3, -0.25) is 4.79 Å². The van der Waals surface area contributed by atoms with E-state index in [9.17, 15) is 18.7 Å². The molecule has 0 aliphatic heterocycles. The highest BCUT2D eigenvalue weighted by molar-refractivity contribution is 5.82. The monoisotopic (exact) mass is 254 g/mol. The van der Waals surface area contributed by atoms with Gasteiger partial charge < -0.3 is 5.11 Å². The van der Waals surface area contributed by atoms with Gasteiger partial charge in [0, 0.05) is 5.56 Å². The number of aliphatic carboxylic acids is 1. The Kier molecular flexibility index (Phi) is 3.37. The summed E-state index contributed by atoms with van der Waals surface area (Å²) >= 11 is 0. The van der Waals surface area contributed by atoms with Crippen LogP contribution in [0.25, 0.3) is 0 Å². The molecular formula is C14H16F2O2. The van der Waals surface area contributed by atoms with Crippen LogP contribution in [0.5, 0.6) is 0 Å². The molecule has 1 saturated carbocycles. The summed E-state index contributed by atoms with van der Waals surface area (Å²) in [5.74, 6) is -1.64. The summed E-state index contributed by atoms with van der Waals surface area (Å²) in [7, 11) is 0. The molecule has 2 nitrogen and oxygen atoms in total. The summed E-state index contributed by atoms with van der Waals surface area (Å²) < 4.78 is 27.4. The van der Waals surface area contributed by atoms with Gasteiger partial charge in [-0.05, 0) is 31.4 Å². The maximum Gasteiger partial charge on any atom is 0.314 e. The van der Waals surface area contributed by atoms with Crippen molar-refractivity contribution in [2.24, 2.45) is 0 Å². The Balaban J connectivity index is 2.62. The van der Waals surface area contributed by atoms with Crippen LogP contribution in [-0.2, 0) is 10.2 Å². The Morgan fingerprint density at radius 2 is 2.00 bits per heavy atom. The molecule has 0 radical (unpaired) electrons. The van der Waals surface area contributed by atoms with Gasteiger partial charge in [-0.25, -0.2) is 8.78 Å². The average Bonchev–Trinajstić information content (AvgIpc) is 2.78. The van der Waals surface area contributed by atoms with E-state index < -0.39 is 23.4 Å². The van der Waals surface area contributed by atoms with Gasteiger partial charge in [0.2, 0.25) is 0 Å². The number of carboxylic acids is 1. The second kappa shape index (κ2) is 4.67. The fourth-order valence-electron chi connectivity index (χ4n) is 2.94. The summed E-state index contributed by atoms with van der Waals surface area (Å²) in [6.07, 6.45) is 0.959. The first kappa shape index (κ1) is 13.0. The minimum absolute atomic E-state index is 0.0956. The lowest BCUT2D eigenvalue weighted by Gasteiger charge is -2.27. The zero-order valence-electron chi connectivity index (χ0n) is 10.2. The van der Waals surface area contributed by atoms with Gasteiger partial charge in [0.05, 0.1) is 5.41 Å². The van der Waals surface area contributed by atoms with Crippen LogP contribution in [0.3, 0.4) is 0 Å². The van der Waals surface area contributed by atoms with Crippen LogP contribution in [0.4, 0.5) is 8.78 Å². The lowest BCUT2D eigenvalue weighted by molar-refractivity contribution is -0.143. The van der Waals surface area contributed by atoms with Gasteiger partial charge in [0.25, 0.3) is 0 Å². The SMILES string of the molecule is CC(F)c1c(F)cccc1C1(C(=O)O)CCCC1. The van der Waals surface area contributed by atoms with Crippen molar-refractivity contribution in [3.8, 4) is 0 Å². The fraction of sp³-hybridized carbons (Fsp3) is 0.500. The number of hydrogen-bond acceptors (Lipinski definition) is 1. The molecule has 2 rings (SSSR count). The largest absolute Gasteiger partial charge is 0.481 e. The summed E-state index contributed by atoms with van der Waals surface area (Å²) in [6.45, 7) is 1.24. The summed E-state index contributed by atoms with van der Waals surface area (Å²) in [5, 5.41) is 9.47. The number of halogens is 2. The topological polar surface area (TPSA) is 37.3 Å². The van der Waals surface area contributed by atoms with Crippen LogP contribution < -0.4 is 0 Å². The van der Waals surface area contributed by atoms with Crippen molar-refractivity contribution in [2.45, 2.75) is 44.2 Å². The quantitative estimate of drug-likeness (QED) is 0.891. The molecule has 0 bridgehead atoms. The van der Waals surface area contributed by atoms with Gasteiger partial charge in [-0.15, -0.1) is 0 Å². The van der Waals surface area contributed by atoms with Crippen molar-refractivity contribution in [3.63, 3.8) is 0 Å². The molecule has 1 fully saturated rings. The second-order valence-corrected chi connectivity index (χ2v) is 4.91. The Hall–Kier alpha value is -1.45. The third-order valence-electron chi connectivity index (χ3n) is 3.83. The summed E-state index contributed by atoms with van der Waals surface area (Å²) in [5.41, 5.74) is -0.901. The molecule has 1 aromatic rings. The van der Waals surface area contributed by atoms with Crippen LogP contribution in [-0.4, -0.2) is 11.1 Å². The molecule has 0 heterocycles. The molecule has 1 N–H and O–H groups in total. The van der Waals surface area contributed by atoms with Crippen LogP contribution in [0.15, 0.2) is 18.2 Å². The highest BCUT2D eigenvalue weighted by atomic mass is 19.1. The first-order valence-corrected chi connectivity index (χ1v) is 6.15. The van der Waals surface area contributed by atoms with Crippen molar-refractivity contribution in [2.75, 3.05) is 0 Å². The normalized spacial score (nSPS) is 19.7. The Morgan fingerprint density at radius 3 is 2.50 bits per heavy atom. The zero-order valence-corrected chi connectivity index (χ0v) is 10.2. The van der Waals surface area contributed by atoms with E-state index in [1.54, 1.807) is 6.07 Å². The van der Waals surface area contributed by atoms with Gasteiger partial charge in [0.1, 0.15) is 12.0 Å². The minimum atomic E-state index is -1.50. The second-order valence-electron chi connectivity index (χ2n) is 4.91. The minimum Gasteiger partial charge on any atom is -0.481 e. The lowest BCUT2D eigenvalue weighted by atomic mass is 9.76. The first-order chi connectivity index (χ1) is 8.49. The smallest absolute Gasteiger partial charge is 0.314 e. The predicted octanol–water partition coefficient (Wildman–Crippen LogP) is 3.75. The molecule has 0 saturated heterocycles. The Labute approximate surface area is 105 Å². The van der Waals surface area contributed by atoms with E-state index in [1.807, 2.05) is 0 Å². The maximum absolute atomic E-state index is 13.8. The molecule has 1 atom stereocenters. The molecule has 98 valence electrons. The number of hydrogen-bond donors (Lipinski definition) is 1. The fourth-order valence-corrected chi connectivity index (χ4v) is 2.94. The zero-order chi connectivity index (χ0) is 13.3. The third-order valence-corrected chi connectivity index (χ3v) is 3.83. The number of carboxylic acid groups (broad SMARTS) is 1. The van der Waals surface area contributed by atoms with Gasteiger partial charge in [-0.1, -0.05) is 25.0 Å². The lowest BCUT2D eigenvalue weighted by Crippen LogP contribution is -2.34. The van der Waals surface area contributed by atoms with Gasteiger partial charge in [0.15, 0.2) is 0 Å².